The Morgan fingerprint density at radius 3 is 3.00 bits per heavy atom. The van der Waals surface area contributed by atoms with Gasteiger partial charge >= 0.3 is 0 Å². The summed E-state index contributed by atoms with van der Waals surface area (Å²) in [6.45, 7) is 2.01. The van der Waals surface area contributed by atoms with E-state index < -0.39 is 0 Å². The van der Waals surface area contributed by atoms with E-state index in [2.05, 4.69) is 37.9 Å². The number of hydrogen-bond acceptors (Lipinski definition) is 2. The Morgan fingerprint density at radius 1 is 1.32 bits per heavy atom. The van der Waals surface area contributed by atoms with Crippen LogP contribution < -0.4 is 4.90 Å². The number of pyridine rings is 1. The fourth-order valence-corrected chi connectivity index (χ4v) is 3.09. The van der Waals surface area contributed by atoms with Gasteiger partial charge in [0.1, 0.15) is 5.82 Å². The molecule has 0 N–H and O–H groups in total. The predicted molar refractivity (Wildman–Crippen MR) is 83.0 cm³/mol. The zero-order chi connectivity index (χ0) is 13.2. The van der Waals surface area contributed by atoms with Gasteiger partial charge in [-0.05, 0) is 52.0 Å². The number of hydrogen-bond donors (Lipinski definition) is 0. The molecule has 2 heterocycles. The highest BCUT2D eigenvalue weighted by molar-refractivity contribution is 9.10. The lowest BCUT2D eigenvalue weighted by molar-refractivity contribution is 0.804. The van der Waals surface area contributed by atoms with E-state index in [-0.39, 0.29) is 0 Å². The first-order valence-corrected chi connectivity index (χ1v) is 7.54. The van der Waals surface area contributed by atoms with Crippen LogP contribution in [0.15, 0.2) is 41.0 Å². The highest BCUT2D eigenvalue weighted by Crippen LogP contribution is 2.28. The van der Waals surface area contributed by atoms with Crippen molar-refractivity contribution in [1.82, 2.24) is 4.98 Å². The fraction of sp³-hybridized carbons (Fsp3) is 0.267. The number of halogens is 2. The van der Waals surface area contributed by atoms with Crippen LogP contribution >= 0.6 is 27.5 Å². The first-order chi connectivity index (χ1) is 9.24. The average molecular weight is 338 g/mol. The maximum atomic E-state index is 6.19. The van der Waals surface area contributed by atoms with Crippen molar-refractivity contribution in [3.8, 4) is 0 Å². The van der Waals surface area contributed by atoms with E-state index in [0.29, 0.717) is 0 Å². The highest BCUT2D eigenvalue weighted by Gasteiger charge is 2.20. The van der Waals surface area contributed by atoms with Crippen LogP contribution in [0.3, 0.4) is 0 Å². The Balaban J connectivity index is 1.72. The van der Waals surface area contributed by atoms with E-state index in [0.717, 1.165) is 41.2 Å². The molecule has 1 aliphatic rings. The lowest BCUT2D eigenvalue weighted by Gasteiger charge is -2.18. The third kappa shape index (κ3) is 2.77. The number of nitrogens with zero attached hydrogens (tertiary/aromatic N) is 2. The molecule has 0 radical (unpaired) electrons. The number of rotatable bonds is 3. The van der Waals surface area contributed by atoms with Gasteiger partial charge in [0.05, 0.1) is 0 Å². The Hall–Kier alpha value is -1.06. The van der Waals surface area contributed by atoms with Gasteiger partial charge in [0, 0.05) is 28.8 Å². The van der Waals surface area contributed by atoms with Crippen molar-refractivity contribution < 1.29 is 0 Å². The van der Waals surface area contributed by atoms with Crippen LogP contribution in [0.5, 0.6) is 0 Å². The zero-order valence-electron chi connectivity index (χ0n) is 10.4. The summed E-state index contributed by atoms with van der Waals surface area (Å²) >= 11 is 9.66. The molecule has 1 aliphatic heterocycles. The van der Waals surface area contributed by atoms with Crippen molar-refractivity contribution in [3.63, 3.8) is 0 Å². The monoisotopic (exact) mass is 336 g/mol. The van der Waals surface area contributed by atoms with Crippen molar-refractivity contribution in [2.45, 2.75) is 12.8 Å². The first-order valence-electron chi connectivity index (χ1n) is 6.37. The Morgan fingerprint density at radius 2 is 2.16 bits per heavy atom. The van der Waals surface area contributed by atoms with Gasteiger partial charge in [-0.3, -0.25) is 0 Å². The number of anilines is 1. The van der Waals surface area contributed by atoms with E-state index in [1.165, 1.54) is 11.1 Å². The largest absolute Gasteiger partial charge is 0.356 e. The number of benzene rings is 1. The smallest absolute Gasteiger partial charge is 0.131 e. The van der Waals surface area contributed by atoms with E-state index in [1.807, 2.05) is 24.4 Å². The highest BCUT2D eigenvalue weighted by atomic mass is 79.9. The van der Waals surface area contributed by atoms with Crippen LogP contribution in [0.4, 0.5) is 5.82 Å². The molecule has 4 heteroatoms. The molecular weight excluding hydrogens is 324 g/mol. The molecule has 0 aliphatic carbocycles. The standard InChI is InChI=1S/C15H14BrClN2/c16-13-9-12-6-8-19(15(12)18-10-13)7-5-11-3-1-2-4-14(11)17/h1-4,9-10H,5-8H2. The topological polar surface area (TPSA) is 16.1 Å². The maximum Gasteiger partial charge on any atom is 0.131 e. The molecule has 0 amide bonds. The van der Waals surface area contributed by atoms with Crippen molar-refractivity contribution in [1.29, 1.82) is 0 Å². The molecule has 0 bridgehead atoms. The lowest BCUT2D eigenvalue weighted by atomic mass is 10.1. The minimum absolute atomic E-state index is 0.852. The predicted octanol–water partition coefficient (Wildman–Crippen LogP) is 4.10. The third-order valence-corrected chi connectivity index (χ3v) is 4.27. The first kappa shape index (κ1) is 12.9. The molecule has 98 valence electrons. The third-order valence-electron chi connectivity index (χ3n) is 3.47. The molecule has 1 aromatic heterocycles. The molecule has 2 nitrogen and oxygen atoms in total. The van der Waals surface area contributed by atoms with Crippen molar-refractivity contribution in [3.05, 3.63) is 57.2 Å². The summed E-state index contributed by atoms with van der Waals surface area (Å²) in [5, 5.41) is 0.852. The Labute approximate surface area is 126 Å². The lowest BCUT2D eigenvalue weighted by Crippen LogP contribution is -2.24. The SMILES string of the molecule is Clc1ccccc1CCN1CCc2cc(Br)cnc21. The van der Waals surface area contributed by atoms with Crippen LogP contribution in [0.1, 0.15) is 11.1 Å². The van der Waals surface area contributed by atoms with Gasteiger partial charge in [-0.15, -0.1) is 0 Å². The average Bonchev–Trinajstić information content (AvgIpc) is 2.80. The van der Waals surface area contributed by atoms with E-state index in [4.69, 9.17) is 11.6 Å². The summed E-state index contributed by atoms with van der Waals surface area (Å²) in [6.07, 6.45) is 3.90. The Bertz CT molecular complexity index is 600. The molecule has 0 spiro atoms. The summed E-state index contributed by atoms with van der Waals surface area (Å²) in [4.78, 5) is 6.86. The van der Waals surface area contributed by atoms with Gasteiger partial charge in [-0.25, -0.2) is 4.98 Å². The Kier molecular flexibility index (Phi) is 3.76. The van der Waals surface area contributed by atoms with Gasteiger partial charge in [-0.1, -0.05) is 29.8 Å². The van der Waals surface area contributed by atoms with Crippen LogP contribution in [0.2, 0.25) is 5.02 Å². The van der Waals surface area contributed by atoms with Gasteiger partial charge in [-0.2, -0.15) is 0 Å². The second-order valence-corrected chi connectivity index (χ2v) is 6.04. The van der Waals surface area contributed by atoms with Gasteiger partial charge in [0.2, 0.25) is 0 Å². The molecule has 0 saturated carbocycles. The van der Waals surface area contributed by atoms with Crippen LogP contribution in [-0.2, 0) is 12.8 Å². The molecule has 19 heavy (non-hydrogen) atoms. The molecule has 0 atom stereocenters. The molecule has 0 saturated heterocycles. The van der Waals surface area contributed by atoms with E-state index in [9.17, 15) is 0 Å². The van der Waals surface area contributed by atoms with Crippen molar-refractivity contribution in [2.24, 2.45) is 0 Å². The quantitative estimate of drug-likeness (QED) is 0.838. The number of fused-ring (bicyclic) bond motifs is 1. The second-order valence-electron chi connectivity index (χ2n) is 4.71. The molecule has 1 aromatic carbocycles. The van der Waals surface area contributed by atoms with Crippen LogP contribution in [-0.4, -0.2) is 18.1 Å². The van der Waals surface area contributed by atoms with Gasteiger partial charge < -0.3 is 4.90 Å². The summed E-state index contributed by atoms with van der Waals surface area (Å²) in [7, 11) is 0. The maximum absolute atomic E-state index is 6.19. The molecule has 3 rings (SSSR count). The van der Waals surface area contributed by atoms with Crippen molar-refractivity contribution in [2.75, 3.05) is 18.0 Å². The minimum Gasteiger partial charge on any atom is -0.356 e. The molecule has 2 aromatic rings. The van der Waals surface area contributed by atoms with Crippen molar-refractivity contribution >= 4 is 33.3 Å². The zero-order valence-corrected chi connectivity index (χ0v) is 12.8. The van der Waals surface area contributed by atoms with Crippen LogP contribution in [0.25, 0.3) is 0 Å². The molecule has 0 fully saturated rings. The normalized spacial score (nSPS) is 13.7. The van der Waals surface area contributed by atoms with Gasteiger partial charge in [0.25, 0.3) is 0 Å². The van der Waals surface area contributed by atoms with E-state index in [1.54, 1.807) is 0 Å². The summed E-state index contributed by atoms with van der Waals surface area (Å²) in [5.41, 5.74) is 2.53. The van der Waals surface area contributed by atoms with Gasteiger partial charge in [0.15, 0.2) is 0 Å². The summed E-state index contributed by atoms with van der Waals surface area (Å²) in [5.74, 6) is 1.12. The van der Waals surface area contributed by atoms with E-state index >= 15 is 0 Å². The second kappa shape index (κ2) is 5.51. The summed E-state index contributed by atoms with van der Waals surface area (Å²) in [6, 6.07) is 10.2. The number of aromatic nitrogens is 1. The minimum atomic E-state index is 0.852. The molecule has 0 unspecified atom stereocenters. The molecular formula is C15H14BrClN2. The fourth-order valence-electron chi connectivity index (χ4n) is 2.48. The summed E-state index contributed by atoms with van der Waals surface area (Å²) < 4.78 is 1.05. The van der Waals surface area contributed by atoms with Crippen LogP contribution in [0, 0.1) is 0 Å².